The molecule has 0 amide bonds. The monoisotopic (exact) mass is 606 g/mol. The summed E-state index contributed by atoms with van der Waals surface area (Å²) in [6.07, 6.45) is 4.40. The third-order valence-corrected chi connectivity index (χ3v) is 7.74. The molecule has 2 aromatic heterocycles. The van der Waals surface area contributed by atoms with Gasteiger partial charge in [0.25, 0.3) is 0 Å². The zero-order valence-corrected chi connectivity index (χ0v) is 23.6. The summed E-state index contributed by atoms with van der Waals surface area (Å²) in [6, 6.07) is 17.2. The fourth-order valence-corrected chi connectivity index (χ4v) is 5.45. The fourth-order valence-electron chi connectivity index (χ4n) is 4.92. The van der Waals surface area contributed by atoms with E-state index in [1.54, 1.807) is 12.1 Å². The third-order valence-electron chi connectivity index (χ3n) is 6.98. The summed E-state index contributed by atoms with van der Waals surface area (Å²) >= 11 is 18.8. The second-order valence-electron chi connectivity index (χ2n) is 9.66. The van der Waals surface area contributed by atoms with Crippen molar-refractivity contribution in [3.63, 3.8) is 0 Å². The molecule has 1 saturated heterocycles. The van der Waals surface area contributed by atoms with E-state index in [9.17, 15) is 9.65 Å². The van der Waals surface area contributed by atoms with Gasteiger partial charge in [0.05, 0.1) is 45.8 Å². The number of rotatable bonds is 7. The number of hydrogen-bond donors (Lipinski definition) is 3. The van der Waals surface area contributed by atoms with Crippen LogP contribution in [0.25, 0.3) is 10.9 Å². The molecule has 206 valence electrons. The van der Waals surface area contributed by atoms with Crippen LogP contribution in [0.3, 0.4) is 0 Å². The normalized spacial score (nSPS) is 15.5. The average molecular weight is 608 g/mol. The van der Waals surface area contributed by atoms with Gasteiger partial charge in [0.15, 0.2) is 0 Å². The number of hydrogen-bond acceptors (Lipinski definition) is 7. The van der Waals surface area contributed by atoms with E-state index >= 15 is 0 Å². The summed E-state index contributed by atoms with van der Waals surface area (Å²) < 4.78 is 15.7. The minimum absolute atomic E-state index is 0.0421. The summed E-state index contributed by atoms with van der Waals surface area (Å²) in [7, 11) is 0. The summed E-state index contributed by atoms with van der Waals surface area (Å²) in [5.74, 6) is -0.541. The maximum absolute atomic E-state index is 13.8. The van der Waals surface area contributed by atoms with Gasteiger partial charge >= 0.3 is 0 Å². The molecule has 0 bridgehead atoms. The smallest absolute Gasteiger partial charge is 0.141 e. The minimum Gasteiger partial charge on any atom is -0.371 e. The van der Waals surface area contributed by atoms with E-state index in [0.29, 0.717) is 43.7 Å². The van der Waals surface area contributed by atoms with Crippen LogP contribution in [-0.2, 0) is 0 Å². The predicted molar refractivity (Wildman–Crippen MR) is 160 cm³/mol. The number of fused-ring (bicyclic) bond motifs is 1. The van der Waals surface area contributed by atoms with Crippen LogP contribution >= 0.6 is 34.8 Å². The lowest BCUT2D eigenvalue weighted by molar-refractivity contribution is 0.476. The summed E-state index contributed by atoms with van der Waals surface area (Å²) in [4.78, 5) is 4.61. The summed E-state index contributed by atoms with van der Waals surface area (Å²) in [5.41, 5.74) is 4.06. The first-order valence-electron chi connectivity index (χ1n) is 12.8. The maximum Gasteiger partial charge on any atom is 0.141 e. The fraction of sp³-hybridized carbons (Fsp3) is 0.172. The first-order chi connectivity index (χ1) is 19.9. The molecule has 5 aromatic rings. The molecule has 0 aliphatic carbocycles. The Bertz CT molecular complexity index is 1780. The molecule has 8 nitrogen and oxygen atoms in total. The number of pyridine rings is 1. The van der Waals surface area contributed by atoms with Crippen LogP contribution in [0.15, 0.2) is 67.0 Å². The van der Waals surface area contributed by atoms with Crippen LogP contribution in [0.2, 0.25) is 15.1 Å². The molecule has 12 heteroatoms. The van der Waals surface area contributed by atoms with Gasteiger partial charge in [0, 0.05) is 33.9 Å². The Morgan fingerprint density at radius 2 is 1.90 bits per heavy atom. The molecule has 3 heterocycles. The molecule has 0 spiro atoms. The van der Waals surface area contributed by atoms with Crippen LogP contribution in [-0.4, -0.2) is 33.1 Å². The molecule has 1 fully saturated rings. The molecule has 41 heavy (non-hydrogen) atoms. The Hall–Kier alpha value is -3.94. The van der Waals surface area contributed by atoms with Crippen molar-refractivity contribution in [2.75, 3.05) is 23.7 Å². The van der Waals surface area contributed by atoms with Crippen molar-refractivity contribution in [2.24, 2.45) is 0 Å². The number of aromatic nitrogens is 4. The van der Waals surface area contributed by atoms with Crippen molar-refractivity contribution in [1.82, 2.24) is 25.3 Å². The predicted octanol–water partition coefficient (Wildman–Crippen LogP) is 7.28. The number of nitriles is 1. The molecular weight excluding hydrogens is 586 g/mol. The zero-order valence-electron chi connectivity index (χ0n) is 21.4. The van der Waals surface area contributed by atoms with E-state index in [1.807, 2.05) is 35.1 Å². The highest BCUT2D eigenvalue weighted by Gasteiger charge is 2.24. The van der Waals surface area contributed by atoms with Crippen molar-refractivity contribution in [1.29, 1.82) is 5.26 Å². The van der Waals surface area contributed by atoms with Crippen molar-refractivity contribution in [2.45, 2.75) is 18.5 Å². The van der Waals surface area contributed by atoms with Crippen LogP contribution in [0.1, 0.15) is 35.3 Å². The molecular formula is C29H22Cl3FN8. The topological polar surface area (TPSA) is 103 Å². The highest BCUT2D eigenvalue weighted by Crippen LogP contribution is 2.38. The third kappa shape index (κ3) is 5.65. The molecule has 1 aliphatic rings. The second kappa shape index (κ2) is 11.5. The maximum atomic E-state index is 13.8. The number of nitrogens with one attached hydrogen (secondary N) is 3. The van der Waals surface area contributed by atoms with E-state index in [1.165, 1.54) is 24.4 Å². The van der Waals surface area contributed by atoms with Gasteiger partial charge in [-0.25, -0.2) is 9.07 Å². The largest absolute Gasteiger partial charge is 0.371 e. The highest BCUT2D eigenvalue weighted by atomic mass is 35.5. The van der Waals surface area contributed by atoms with Gasteiger partial charge in [-0.2, -0.15) is 5.26 Å². The molecule has 3 aromatic carbocycles. The molecule has 6 rings (SSSR count). The number of anilines is 3. The minimum atomic E-state index is -0.541. The number of benzene rings is 3. The van der Waals surface area contributed by atoms with Crippen LogP contribution in [0.4, 0.5) is 21.5 Å². The summed E-state index contributed by atoms with van der Waals surface area (Å²) in [5, 5.41) is 30.5. The molecule has 3 N–H and O–H groups in total. The van der Waals surface area contributed by atoms with Crippen molar-refractivity contribution >= 4 is 62.8 Å². The number of nitrogens with zero attached hydrogens (tertiary/aromatic N) is 5. The number of halogens is 4. The van der Waals surface area contributed by atoms with Crippen LogP contribution in [0, 0.1) is 17.1 Å². The molecule has 1 aliphatic heterocycles. The standard InChI is InChI=1S/C29H22Cl3FN8/c30-18-3-1-16(2-4-18)28(26-15-41(40-39-26)21-7-8-35-14-21)38-25-10-19(31)9-22-27(17(12-34)13-36-29(22)25)37-20-5-6-24(33)23(32)11-20/h1-6,9-11,13,15,21,28,35,38H,7-8,14H2,(H,36,37)/t21-,28?/m1/s1. The highest BCUT2D eigenvalue weighted by molar-refractivity contribution is 6.32. The zero-order chi connectivity index (χ0) is 28.5. The molecule has 1 unspecified atom stereocenters. The quantitative estimate of drug-likeness (QED) is 0.179. The Balaban J connectivity index is 1.44. The van der Waals surface area contributed by atoms with Crippen molar-refractivity contribution in [3.05, 3.63) is 105 Å². The van der Waals surface area contributed by atoms with Gasteiger partial charge in [-0.3, -0.25) is 4.98 Å². The van der Waals surface area contributed by atoms with Gasteiger partial charge in [-0.05, 0) is 61.0 Å². The Kier molecular flexibility index (Phi) is 7.65. The Labute approximate surface area is 250 Å². The lowest BCUT2D eigenvalue weighted by Gasteiger charge is -2.21. The Morgan fingerprint density at radius 3 is 2.63 bits per heavy atom. The van der Waals surface area contributed by atoms with Crippen LogP contribution < -0.4 is 16.0 Å². The SMILES string of the molecule is N#Cc1cnc2c(NC(c3ccc(Cl)cc3)c3cn([C@@H]4CCNC4)nn3)cc(Cl)cc2c1Nc1ccc(F)c(Cl)c1. The van der Waals surface area contributed by atoms with Gasteiger partial charge in [-0.1, -0.05) is 52.1 Å². The average Bonchev–Trinajstić information content (AvgIpc) is 3.67. The van der Waals surface area contributed by atoms with E-state index in [4.69, 9.17) is 34.8 Å². The molecule has 2 atom stereocenters. The van der Waals surface area contributed by atoms with Gasteiger partial charge in [0.1, 0.15) is 17.6 Å². The van der Waals surface area contributed by atoms with Crippen molar-refractivity contribution < 1.29 is 4.39 Å². The van der Waals surface area contributed by atoms with E-state index in [-0.39, 0.29) is 16.6 Å². The van der Waals surface area contributed by atoms with Crippen molar-refractivity contribution in [3.8, 4) is 6.07 Å². The van der Waals surface area contributed by atoms with E-state index < -0.39 is 11.9 Å². The Morgan fingerprint density at radius 1 is 1.07 bits per heavy atom. The second-order valence-corrected chi connectivity index (χ2v) is 10.9. The van der Waals surface area contributed by atoms with Crippen LogP contribution in [0.5, 0.6) is 0 Å². The van der Waals surface area contributed by atoms with E-state index in [0.717, 1.165) is 25.1 Å². The van der Waals surface area contributed by atoms with Gasteiger partial charge < -0.3 is 16.0 Å². The lowest BCUT2D eigenvalue weighted by Crippen LogP contribution is -2.15. The van der Waals surface area contributed by atoms with E-state index in [2.05, 4.69) is 37.3 Å². The molecule has 0 saturated carbocycles. The first kappa shape index (κ1) is 27.2. The van der Waals surface area contributed by atoms with Gasteiger partial charge in [-0.15, -0.1) is 5.10 Å². The lowest BCUT2D eigenvalue weighted by atomic mass is 10.0. The van der Waals surface area contributed by atoms with Gasteiger partial charge in [0.2, 0.25) is 0 Å². The first-order valence-corrected chi connectivity index (χ1v) is 13.9. The molecule has 0 radical (unpaired) electrons. The summed E-state index contributed by atoms with van der Waals surface area (Å²) in [6.45, 7) is 1.77.